The number of amides is 3. The van der Waals surface area contributed by atoms with E-state index in [1.54, 1.807) is 17.0 Å². The minimum Gasteiger partial charge on any atom is -0.350 e. The largest absolute Gasteiger partial charge is 0.350 e. The predicted octanol–water partition coefficient (Wildman–Crippen LogP) is 3.19. The van der Waals surface area contributed by atoms with E-state index >= 15 is 0 Å². The van der Waals surface area contributed by atoms with Crippen molar-refractivity contribution in [2.75, 3.05) is 11.4 Å². The van der Waals surface area contributed by atoms with Crippen molar-refractivity contribution in [3.63, 3.8) is 0 Å². The first-order valence-electron chi connectivity index (χ1n) is 10.4. The highest BCUT2D eigenvalue weighted by molar-refractivity contribution is 5.97. The first kappa shape index (κ1) is 21.6. The Labute approximate surface area is 177 Å². The van der Waals surface area contributed by atoms with E-state index in [0.717, 1.165) is 29.8 Å². The third kappa shape index (κ3) is 5.26. The molecule has 1 saturated heterocycles. The van der Waals surface area contributed by atoms with E-state index in [2.05, 4.69) is 10.6 Å². The number of hydrogen-bond acceptors (Lipinski definition) is 3. The second kappa shape index (κ2) is 9.57. The van der Waals surface area contributed by atoms with Gasteiger partial charge in [-0.3, -0.25) is 14.4 Å². The van der Waals surface area contributed by atoms with E-state index in [1.807, 2.05) is 57.2 Å². The van der Waals surface area contributed by atoms with Gasteiger partial charge in [-0.2, -0.15) is 0 Å². The van der Waals surface area contributed by atoms with Crippen LogP contribution in [0.25, 0.3) is 0 Å². The molecule has 1 atom stereocenters. The van der Waals surface area contributed by atoms with Gasteiger partial charge >= 0.3 is 0 Å². The van der Waals surface area contributed by atoms with Crippen molar-refractivity contribution in [3.8, 4) is 0 Å². The van der Waals surface area contributed by atoms with Crippen molar-refractivity contribution in [1.29, 1.82) is 0 Å². The van der Waals surface area contributed by atoms with Crippen molar-refractivity contribution in [2.45, 2.75) is 46.2 Å². The van der Waals surface area contributed by atoms with E-state index in [0.29, 0.717) is 18.5 Å². The lowest BCUT2D eigenvalue weighted by molar-refractivity contribution is -0.124. The van der Waals surface area contributed by atoms with Gasteiger partial charge in [0.1, 0.15) is 6.04 Å². The highest BCUT2D eigenvalue weighted by atomic mass is 16.2. The summed E-state index contributed by atoms with van der Waals surface area (Å²) in [6.45, 7) is 6.88. The molecule has 0 aliphatic carbocycles. The van der Waals surface area contributed by atoms with Gasteiger partial charge in [0, 0.05) is 30.8 Å². The predicted molar refractivity (Wildman–Crippen MR) is 117 cm³/mol. The topological polar surface area (TPSA) is 78.5 Å². The molecule has 6 nitrogen and oxygen atoms in total. The summed E-state index contributed by atoms with van der Waals surface area (Å²) in [5, 5.41) is 5.75. The van der Waals surface area contributed by atoms with E-state index in [-0.39, 0.29) is 23.6 Å². The van der Waals surface area contributed by atoms with Gasteiger partial charge in [-0.1, -0.05) is 43.7 Å². The maximum atomic E-state index is 12.7. The molecule has 0 aromatic heterocycles. The number of nitrogens with zero attached hydrogens (tertiary/aromatic N) is 1. The van der Waals surface area contributed by atoms with Crippen LogP contribution in [0.1, 0.15) is 48.2 Å². The van der Waals surface area contributed by atoms with E-state index < -0.39 is 6.04 Å². The number of benzene rings is 2. The molecule has 0 spiro atoms. The Bertz CT molecular complexity index is 904. The fraction of sp³-hybridized carbons (Fsp3) is 0.375. The van der Waals surface area contributed by atoms with Crippen LogP contribution < -0.4 is 15.5 Å². The molecule has 2 aromatic carbocycles. The average molecular weight is 408 g/mol. The molecule has 0 bridgehead atoms. The lowest BCUT2D eigenvalue weighted by atomic mass is 10.0. The molecule has 6 heteroatoms. The third-order valence-corrected chi connectivity index (χ3v) is 5.34. The Morgan fingerprint density at radius 3 is 2.27 bits per heavy atom. The zero-order chi connectivity index (χ0) is 21.7. The number of anilines is 1. The van der Waals surface area contributed by atoms with Crippen molar-refractivity contribution in [1.82, 2.24) is 10.6 Å². The summed E-state index contributed by atoms with van der Waals surface area (Å²) in [5.41, 5.74) is 3.43. The Balaban J connectivity index is 1.57. The van der Waals surface area contributed by atoms with Crippen LogP contribution in [0.2, 0.25) is 0 Å². The van der Waals surface area contributed by atoms with Crippen molar-refractivity contribution in [2.24, 2.45) is 5.92 Å². The molecule has 30 heavy (non-hydrogen) atoms. The molecule has 158 valence electrons. The molecule has 1 aliphatic heterocycles. The smallest absolute Gasteiger partial charge is 0.251 e. The minimum atomic E-state index is -0.625. The van der Waals surface area contributed by atoms with Crippen LogP contribution in [0.5, 0.6) is 0 Å². The van der Waals surface area contributed by atoms with Crippen LogP contribution in [-0.4, -0.2) is 30.3 Å². The van der Waals surface area contributed by atoms with Gasteiger partial charge in [-0.25, -0.2) is 0 Å². The summed E-state index contributed by atoms with van der Waals surface area (Å²) in [5.74, 6) is -0.379. The summed E-state index contributed by atoms with van der Waals surface area (Å²) in [4.78, 5) is 38.9. The molecule has 1 fully saturated rings. The van der Waals surface area contributed by atoms with E-state index in [1.165, 1.54) is 0 Å². The summed E-state index contributed by atoms with van der Waals surface area (Å²) >= 11 is 0. The molecule has 1 aliphatic rings. The van der Waals surface area contributed by atoms with Gasteiger partial charge in [0.25, 0.3) is 5.91 Å². The molecule has 3 rings (SSSR count). The number of carbonyl (C=O) groups excluding carboxylic acids is 3. The molecular weight excluding hydrogens is 378 g/mol. The van der Waals surface area contributed by atoms with Crippen LogP contribution in [0.15, 0.2) is 48.5 Å². The second-order valence-corrected chi connectivity index (χ2v) is 8.09. The number of rotatable bonds is 7. The number of carbonyl (C=O) groups is 3. The third-order valence-electron chi connectivity index (χ3n) is 5.34. The Hall–Kier alpha value is -3.15. The highest BCUT2D eigenvalue weighted by Crippen LogP contribution is 2.21. The number of hydrogen-bond donors (Lipinski definition) is 2. The Morgan fingerprint density at radius 1 is 1.03 bits per heavy atom. The number of nitrogens with one attached hydrogen (secondary N) is 2. The quantitative estimate of drug-likeness (QED) is 0.740. The normalized spacial score (nSPS) is 14.7. The van der Waals surface area contributed by atoms with Gasteiger partial charge in [-0.05, 0) is 49.1 Å². The molecule has 2 aromatic rings. The Morgan fingerprint density at radius 2 is 1.70 bits per heavy atom. The van der Waals surface area contributed by atoms with Crippen LogP contribution in [-0.2, 0) is 16.1 Å². The van der Waals surface area contributed by atoms with Crippen molar-refractivity contribution >= 4 is 23.4 Å². The second-order valence-electron chi connectivity index (χ2n) is 8.09. The fourth-order valence-electron chi connectivity index (χ4n) is 3.48. The summed E-state index contributed by atoms with van der Waals surface area (Å²) in [7, 11) is 0. The van der Waals surface area contributed by atoms with E-state index in [4.69, 9.17) is 0 Å². The van der Waals surface area contributed by atoms with E-state index in [9.17, 15) is 14.4 Å². The molecule has 1 unspecified atom stereocenters. The average Bonchev–Trinajstić information content (AvgIpc) is 3.16. The van der Waals surface area contributed by atoms with Gasteiger partial charge in [0.2, 0.25) is 11.8 Å². The van der Waals surface area contributed by atoms with Gasteiger partial charge in [0.15, 0.2) is 0 Å². The summed E-state index contributed by atoms with van der Waals surface area (Å²) in [6, 6.07) is 14.3. The maximum Gasteiger partial charge on any atom is 0.251 e. The lowest BCUT2D eigenvalue weighted by Gasteiger charge is -2.22. The van der Waals surface area contributed by atoms with Crippen LogP contribution >= 0.6 is 0 Å². The molecule has 2 N–H and O–H groups in total. The maximum absolute atomic E-state index is 12.7. The number of aryl methyl sites for hydroxylation is 1. The molecular formula is C24H29N3O3. The summed E-state index contributed by atoms with van der Waals surface area (Å²) in [6.07, 6.45) is 1.49. The van der Waals surface area contributed by atoms with Crippen LogP contribution in [0.4, 0.5) is 5.69 Å². The SMILES string of the molecule is Cc1ccc(C(=O)NC(C(=O)NCc2ccc(N3CCCC3=O)cc2)C(C)C)cc1. The highest BCUT2D eigenvalue weighted by Gasteiger charge is 2.25. The van der Waals surface area contributed by atoms with Crippen LogP contribution in [0, 0.1) is 12.8 Å². The molecule has 1 heterocycles. The lowest BCUT2D eigenvalue weighted by Crippen LogP contribution is -2.49. The zero-order valence-corrected chi connectivity index (χ0v) is 17.8. The van der Waals surface area contributed by atoms with Gasteiger partial charge in [-0.15, -0.1) is 0 Å². The van der Waals surface area contributed by atoms with Crippen molar-refractivity contribution < 1.29 is 14.4 Å². The first-order chi connectivity index (χ1) is 14.3. The fourth-order valence-corrected chi connectivity index (χ4v) is 3.48. The summed E-state index contributed by atoms with van der Waals surface area (Å²) < 4.78 is 0. The first-order valence-corrected chi connectivity index (χ1v) is 10.4. The zero-order valence-electron chi connectivity index (χ0n) is 17.8. The van der Waals surface area contributed by atoms with Gasteiger partial charge in [0.05, 0.1) is 0 Å². The molecule has 0 radical (unpaired) electrons. The molecule has 3 amide bonds. The van der Waals surface area contributed by atoms with Crippen molar-refractivity contribution in [3.05, 3.63) is 65.2 Å². The monoisotopic (exact) mass is 407 g/mol. The van der Waals surface area contributed by atoms with Crippen LogP contribution in [0.3, 0.4) is 0 Å². The standard InChI is InChI=1S/C24H29N3O3/c1-16(2)22(26-23(29)19-10-6-17(3)7-11-19)24(30)25-15-18-8-12-20(13-9-18)27-14-4-5-21(27)28/h6-13,16,22H,4-5,14-15H2,1-3H3,(H,25,30)(H,26,29). The minimum absolute atomic E-state index is 0.0528. The van der Waals surface area contributed by atoms with Gasteiger partial charge < -0.3 is 15.5 Å². The Kier molecular flexibility index (Phi) is 6.87. The molecule has 0 saturated carbocycles.